The average Bonchev–Trinajstić information content (AvgIpc) is 2.85. The largest absolute Gasteiger partial charge is 0.497 e. The zero-order valence-corrected chi connectivity index (χ0v) is 18.9. The van der Waals surface area contributed by atoms with Crippen LogP contribution in [0.2, 0.25) is 0 Å². The molecular weight excluding hydrogens is 418 g/mol. The zero-order chi connectivity index (χ0) is 23.2. The highest BCUT2D eigenvalue weighted by Gasteiger charge is 2.33. The van der Waals surface area contributed by atoms with Crippen LogP contribution in [0, 0.1) is 5.92 Å². The minimum Gasteiger partial charge on any atom is -0.497 e. The van der Waals surface area contributed by atoms with Crippen LogP contribution < -0.4 is 14.2 Å². The third-order valence-corrected chi connectivity index (χ3v) is 6.05. The Bertz CT molecular complexity index is 1080. The summed E-state index contributed by atoms with van der Waals surface area (Å²) in [6, 6.07) is 23.1. The van der Waals surface area contributed by atoms with E-state index in [4.69, 9.17) is 14.2 Å². The van der Waals surface area contributed by atoms with Crippen molar-refractivity contribution in [1.82, 2.24) is 4.90 Å². The summed E-state index contributed by atoms with van der Waals surface area (Å²) in [5.41, 5.74) is 1.93. The smallest absolute Gasteiger partial charge is 0.307 e. The quantitative estimate of drug-likeness (QED) is 0.500. The van der Waals surface area contributed by atoms with Crippen LogP contribution in [-0.2, 0) is 4.79 Å². The number of benzene rings is 3. The number of piperidine rings is 1. The highest BCUT2D eigenvalue weighted by Crippen LogP contribution is 2.40. The van der Waals surface area contributed by atoms with Crippen molar-refractivity contribution in [2.45, 2.75) is 18.9 Å². The normalized spacial score (nSPS) is 17.2. The SMILES string of the molecule is COc1ccc(OC)c(C(c2cccc(Oc3ccccc3)c2)N2CCCC(C(=O)O)C2)c1. The van der Waals surface area contributed by atoms with Crippen molar-refractivity contribution < 1.29 is 24.1 Å². The van der Waals surface area contributed by atoms with Crippen LogP contribution in [-0.4, -0.2) is 43.3 Å². The lowest BCUT2D eigenvalue weighted by Crippen LogP contribution is -2.41. The molecule has 6 heteroatoms. The van der Waals surface area contributed by atoms with Gasteiger partial charge in [-0.25, -0.2) is 0 Å². The summed E-state index contributed by atoms with van der Waals surface area (Å²) in [5, 5.41) is 9.68. The Kier molecular flexibility index (Phi) is 7.15. The summed E-state index contributed by atoms with van der Waals surface area (Å²) >= 11 is 0. The number of nitrogens with zero attached hydrogens (tertiary/aromatic N) is 1. The summed E-state index contributed by atoms with van der Waals surface area (Å²) in [4.78, 5) is 14.0. The van der Waals surface area contributed by atoms with Crippen molar-refractivity contribution in [1.29, 1.82) is 0 Å². The van der Waals surface area contributed by atoms with Gasteiger partial charge in [0, 0.05) is 12.1 Å². The molecule has 1 N–H and O–H groups in total. The third-order valence-electron chi connectivity index (χ3n) is 6.05. The molecule has 0 aliphatic carbocycles. The molecule has 2 unspecified atom stereocenters. The van der Waals surface area contributed by atoms with E-state index in [0.717, 1.165) is 47.1 Å². The Hall–Kier alpha value is -3.51. The van der Waals surface area contributed by atoms with Crippen LogP contribution in [0.15, 0.2) is 72.8 Å². The fraction of sp³-hybridized carbons (Fsp3) is 0.296. The van der Waals surface area contributed by atoms with E-state index >= 15 is 0 Å². The van der Waals surface area contributed by atoms with Crippen molar-refractivity contribution in [2.24, 2.45) is 5.92 Å². The summed E-state index contributed by atoms with van der Waals surface area (Å²) in [5.74, 6) is 1.78. The fourth-order valence-electron chi connectivity index (χ4n) is 4.46. The lowest BCUT2D eigenvalue weighted by Gasteiger charge is -2.38. The van der Waals surface area contributed by atoms with Gasteiger partial charge in [-0.1, -0.05) is 30.3 Å². The van der Waals surface area contributed by atoms with Gasteiger partial charge in [-0.2, -0.15) is 0 Å². The molecule has 0 saturated carbocycles. The van der Waals surface area contributed by atoms with E-state index in [9.17, 15) is 9.90 Å². The minimum atomic E-state index is -0.753. The number of carboxylic acid groups (broad SMARTS) is 1. The average molecular weight is 448 g/mol. The molecule has 0 bridgehead atoms. The van der Waals surface area contributed by atoms with Gasteiger partial charge in [-0.05, 0) is 67.4 Å². The van der Waals surface area contributed by atoms with Gasteiger partial charge < -0.3 is 19.3 Å². The van der Waals surface area contributed by atoms with Crippen LogP contribution in [0.4, 0.5) is 0 Å². The first-order valence-corrected chi connectivity index (χ1v) is 11.1. The molecule has 2 atom stereocenters. The molecule has 1 aliphatic rings. The van der Waals surface area contributed by atoms with Crippen molar-refractivity contribution in [2.75, 3.05) is 27.3 Å². The molecule has 1 aliphatic heterocycles. The number of methoxy groups -OCH3 is 2. The van der Waals surface area contributed by atoms with Crippen molar-refractivity contribution in [3.8, 4) is 23.0 Å². The molecule has 0 spiro atoms. The number of para-hydroxylation sites is 1. The van der Waals surface area contributed by atoms with Crippen LogP contribution in [0.1, 0.15) is 30.0 Å². The first kappa shape index (κ1) is 22.7. The van der Waals surface area contributed by atoms with E-state index in [1.54, 1.807) is 14.2 Å². The number of hydrogen-bond acceptors (Lipinski definition) is 5. The first-order chi connectivity index (χ1) is 16.1. The van der Waals surface area contributed by atoms with E-state index < -0.39 is 11.9 Å². The van der Waals surface area contributed by atoms with Gasteiger partial charge in [0.25, 0.3) is 0 Å². The Morgan fingerprint density at radius 1 is 0.939 bits per heavy atom. The number of rotatable bonds is 8. The van der Waals surface area contributed by atoms with Gasteiger partial charge in [-0.3, -0.25) is 9.69 Å². The number of likely N-dealkylation sites (tertiary alicyclic amines) is 1. The standard InChI is InChI=1S/C27H29NO5/c1-31-22-13-14-25(32-2)24(17-22)26(28-15-7-9-20(18-28)27(29)30)19-8-6-12-23(16-19)33-21-10-4-3-5-11-21/h3-6,8,10-14,16-17,20,26H,7,9,15,18H2,1-2H3,(H,29,30). The lowest BCUT2D eigenvalue weighted by atomic mass is 9.90. The molecule has 3 aromatic carbocycles. The molecule has 1 heterocycles. The van der Waals surface area contributed by atoms with Crippen LogP contribution >= 0.6 is 0 Å². The second-order valence-corrected chi connectivity index (χ2v) is 8.17. The topological polar surface area (TPSA) is 68.2 Å². The molecule has 33 heavy (non-hydrogen) atoms. The molecule has 0 radical (unpaired) electrons. The second kappa shape index (κ2) is 10.4. The maximum absolute atomic E-state index is 11.8. The highest BCUT2D eigenvalue weighted by atomic mass is 16.5. The van der Waals surface area contributed by atoms with Gasteiger partial charge in [0.2, 0.25) is 0 Å². The monoisotopic (exact) mass is 447 g/mol. The third kappa shape index (κ3) is 5.29. The molecular formula is C27H29NO5. The molecule has 6 nitrogen and oxygen atoms in total. The predicted octanol–water partition coefficient (Wildman–Crippen LogP) is 5.38. The fourth-order valence-corrected chi connectivity index (χ4v) is 4.46. The number of aliphatic carboxylic acids is 1. The van der Waals surface area contributed by atoms with E-state index in [2.05, 4.69) is 4.90 Å². The van der Waals surface area contributed by atoms with Gasteiger partial charge in [0.1, 0.15) is 23.0 Å². The minimum absolute atomic E-state index is 0.212. The van der Waals surface area contributed by atoms with E-state index in [0.29, 0.717) is 13.0 Å². The van der Waals surface area contributed by atoms with Gasteiger partial charge in [0.05, 0.1) is 26.2 Å². The number of ether oxygens (including phenoxy) is 3. The van der Waals surface area contributed by atoms with Crippen molar-refractivity contribution >= 4 is 5.97 Å². The Labute approximate surface area is 194 Å². The zero-order valence-electron chi connectivity index (χ0n) is 18.9. The van der Waals surface area contributed by atoms with Crippen molar-refractivity contribution in [3.63, 3.8) is 0 Å². The number of hydrogen-bond donors (Lipinski definition) is 1. The molecule has 0 amide bonds. The number of carboxylic acids is 1. The van der Waals surface area contributed by atoms with E-state index in [-0.39, 0.29) is 6.04 Å². The predicted molar refractivity (Wildman–Crippen MR) is 126 cm³/mol. The van der Waals surface area contributed by atoms with Gasteiger partial charge >= 0.3 is 5.97 Å². The Balaban J connectivity index is 1.77. The Morgan fingerprint density at radius 2 is 1.73 bits per heavy atom. The summed E-state index contributed by atoms with van der Waals surface area (Å²) < 4.78 is 17.3. The molecule has 172 valence electrons. The summed E-state index contributed by atoms with van der Waals surface area (Å²) in [6.45, 7) is 1.25. The summed E-state index contributed by atoms with van der Waals surface area (Å²) in [7, 11) is 3.28. The van der Waals surface area contributed by atoms with Gasteiger partial charge in [-0.15, -0.1) is 0 Å². The molecule has 1 fully saturated rings. The van der Waals surface area contributed by atoms with Crippen LogP contribution in [0.5, 0.6) is 23.0 Å². The van der Waals surface area contributed by atoms with Crippen molar-refractivity contribution in [3.05, 3.63) is 83.9 Å². The van der Waals surface area contributed by atoms with Crippen LogP contribution in [0.25, 0.3) is 0 Å². The first-order valence-electron chi connectivity index (χ1n) is 11.1. The molecule has 4 rings (SSSR count). The number of carbonyl (C=O) groups is 1. The lowest BCUT2D eigenvalue weighted by molar-refractivity contribution is -0.143. The summed E-state index contributed by atoms with van der Waals surface area (Å²) in [6.07, 6.45) is 1.50. The molecule has 0 aromatic heterocycles. The van der Waals surface area contributed by atoms with Gasteiger partial charge in [0.15, 0.2) is 0 Å². The Morgan fingerprint density at radius 3 is 2.45 bits per heavy atom. The molecule has 3 aromatic rings. The van der Waals surface area contributed by atoms with Crippen LogP contribution in [0.3, 0.4) is 0 Å². The second-order valence-electron chi connectivity index (χ2n) is 8.17. The molecule has 1 saturated heterocycles. The van der Waals surface area contributed by atoms with E-state index in [1.807, 2.05) is 72.8 Å². The van der Waals surface area contributed by atoms with E-state index in [1.165, 1.54) is 0 Å². The maximum atomic E-state index is 11.8. The highest BCUT2D eigenvalue weighted by molar-refractivity contribution is 5.70. The maximum Gasteiger partial charge on any atom is 0.307 e.